The number of anilines is 1. The van der Waals surface area contributed by atoms with Crippen LogP contribution in [-0.2, 0) is 14.8 Å². The highest BCUT2D eigenvalue weighted by Crippen LogP contribution is 2.19. The summed E-state index contributed by atoms with van der Waals surface area (Å²) in [6, 6.07) is 13.3. The summed E-state index contributed by atoms with van der Waals surface area (Å²) in [4.78, 5) is 12.4. The van der Waals surface area contributed by atoms with Crippen LogP contribution in [-0.4, -0.2) is 38.8 Å². The Labute approximate surface area is 154 Å². The van der Waals surface area contributed by atoms with E-state index < -0.39 is 15.9 Å². The van der Waals surface area contributed by atoms with Crippen LogP contribution in [0, 0.1) is 6.92 Å². The van der Waals surface area contributed by atoms with Crippen molar-refractivity contribution < 1.29 is 17.9 Å². The number of methoxy groups -OCH3 is 1. The minimum atomic E-state index is -3.84. The Kier molecular flexibility index (Phi) is 6.54. The van der Waals surface area contributed by atoms with Crippen molar-refractivity contribution in [3.05, 3.63) is 66.7 Å². The third kappa shape index (κ3) is 4.93. The zero-order valence-electron chi connectivity index (χ0n) is 14.8. The molecule has 0 bridgehead atoms. The molecule has 0 fully saturated rings. The summed E-state index contributed by atoms with van der Waals surface area (Å²) in [6.07, 6.45) is 1.45. The number of carbonyl (C=O) groups excluding carboxylic acids is 1. The van der Waals surface area contributed by atoms with Crippen LogP contribution >= 0.6 is 0 Å². The summed E-state index contributed by atoms with van der Waals surface area (Å²) in [5.41, 5.74) is 1.62. The van der Waals surface area contributed by atoms with E-state index >= 15 is 0 Å². The first-order valence-electron chi connectivity index (χ1n) is 7.98. The number of hydrogen-bond acceptors (Lipinski definition) is 4. The van der Waals surface area contributed by atoms with Gasteiger partial charge in [-0.15, -0.1) is 6.58 Å². The largest absolute Gasteiger partial charge is 0.497 e. The number of aryl methyl sites for hydroxylation is 1. The van der Waals surface area contributed by atoms with Gasteiger partial charge in [0.1, 0.15) is 5.75 Å². The van der Waals surface area contributed by atoms with Gasteiger partial charge >= 0.3 is 0 Å². The van der Waals surface area contributed by atoms with Gasteiger partial charge in [-0.25, -0.2) is 8.42 Å². The van der Waals surface area contributed by atoms with E-state index in [-0.39, 0.29) is 18.0 Å². The minimum Gasteiger partial charge on any atom is -0.497 e. The van der Waals surface area contributed by atoms with Crippen LogP contribution in [0.4, 0.5) is 5.69 Å². The maximum Gasteiger partial charge on any atom is 0.243 e. The van der Waals surface area contributed by atoms with Gasteiger partial charge in [-0.2, -0.15) is 4.31 Å². The maximum atomic E-state index is 12.8. The molecule has 0 aromatic heterocycles. The molecular weight excluding hydrogens is 352 g/mol. The molecule has 0 saturated heterocycles. The van der Waals surface area contributed by atoms with Gasteiger partial charge in [-0.3, -0.25) is 4.79 Å². The average molecular weight is 374 g/mol. The molecule has 0 radical (unpaired) electrons. The lowest BCUT2D eigenvalue weighted by Gasteiger charge is -2.20. The topological polar surface area (TPSA) is 75.7 Å². The van der Waals surface area contributed by atoms with E-state index in [0.29, 0.717) is 11.4 Å². The molecule has 0 spiro atoms. The van der Waals surface area contributed by atoms with Crippen molar-refractivity contribution in [1.82, 2.24) is 4.31 Å². The molecule has 138 valence electrons. The van der Waals surface area contributed by atoms with Gasteiger partial charge in [0.25, 0.3) is 0 Å². The zero-order chi connectivity index (χ0) is 19.2. The van der Waals surface area contributed by atoms with Crippen molar-refractivity contribution in [2.75, 3.05) is 25.5 Å². The van der Waals surface area contributed by atoms with E-state index in [2.05, 4.69) is 11.9 Å². The standard InChI is InChI=1S/C19H22N2O4S/c1-4-12-21(14-19(22)20-16-7-5-6-15(2)13-16)26(23,24)18-10-8-17(25-3)9-11-18/h4-11,13H,1,12,14H2,2-3H3,(H,20,22). The van der Waals surface area contributed by atoms with Crippen LogP contribution in [0.25, 0.3) is 0 Å². The van der Waals surface area contributed by atoms with E-state index in [1.54, 1.807) is 18.2 Å². The number of nitrogens with one attached hydrogen (secondary N) is 1. The number of amides is 1. The molecule has 26 heavy (non-hydrogen) atoms. The molecule has 0 aliphatic carbocycles. The predicted molar refractivity (Wildman–Crippen MR) is 102 cm³/mol. The van der Waals surface area contributed by atoms with Gasteiger partial charge < -0.3 is 10.1 Å². The first-order chi connectivity index (χ1) is 12.4. The van der Waals surface area contributed by atoms with Crippen molar-refractivity contribution in [2.45, 2.75) is 11.8 Å². The zero-order valence-corrected chi connectivity index (χ0v) is 15.6. The van der Waals surface area contributed by atoms with Crippen molar-refractivity contribution in [1.29, 1.82) is 0 Å². The molecule has 1 N–H and O–H groups in total. The highest BCUT2D eigenvalue weighted by Gasteiger charge is 2.25. The van der Waals surface area contributed by atoms with Gasteiger partial charge in [-0.05, 0) is 48.9 Å². The van der Waals surface area contributed by atoms with Crippen LogP contribution in [0.2, 0.25) is 0 Å². The van der Waals surface area contributed by atoms with Gasteiger partial charge in [0, 0.05) is 12.2 Å². The molecule has 7 heteroatoms. The van der Waals surface area contributed by atoms with E-state index in [1.807, 2.05) is 25.1 Å². The van der Waals surface area contributed by atoms with Crippen molar-refractivity contribution in [2.24, 2.45) is 0 Å². The number of rotatable bonds is 8. The number of benzene rings is 2. The van der Waals surface area contributed by atoms with Gasteiger partial charge in [0.15, 0.2) is 0 Å². The van der Waals surface area contributed by atoms with E-state index in [4.69, 9.17) is 4.74 Å². The monoisotopic (exact) mass is 374 g/mol. The van der Waals surface area contributed by atoms with E-state index in [9.17, 15) is 13.2 Å². The normalized spacial score (nSPS) is 11.2. The van der Waals surface area contributed by atoms with Crippen LogP contribution in [0.5, 0.6) is 5.75 Å². The van der Waals surface area contributed by atoms with Crippen LogP contribution in [0.3, 0.4) is 0 Å². The molecule has 2 aromatic carbocycles. The van der Waals surface area contributed by atoms with Crippen molar-refractivity contribution >= 4 is 21.6 Å². The number of carbonyl (C=O) groups is 1. The SMILES string of the molecule is C=CCN(CC(=O)Nc1cccc(C)c1)S(=O)(=O)c1ccc(OC)cc1. The molecule has 0 heterocycles. The third-order valence-corrected chi connectivity index (χ3v) is 5.48. The summed E-state index contributed by atoms with van der Waals surface area (Å²) in [5, 5.41) is 2.71. The molecule has 0 aliphatic heterocycles. The second kappa shape index (κ2) is 8.64. The lowest BCUT2D eigenvalue weighted by molar-refractivity contribution is -0.116. The fraction of sp³-hybridized carbons (Fsp3) is 0.211. The average Bonchev–Trinajstić information content (AvgIpc) is 2.61. The number of ether oxygens (including phenoxy) is 1. The van der Waals surface area contributed by atoms with Crippen LogP contribution < -0.4 is 10.1 Å². The molecule has 0 unspecified atom stereocenters. The molecule has 0 atom stereocenters. The second-order valence-electron chi connectivity index (χ2n) is 5.68. The van der Waals surface area contributed by atoms with Crippen LogP contribution in [0.15, 0.2) is 66.1 Å². The molecule has 2 rings (SSSR count). The number of nitrogens with zero attached hydrogens (tertiary/aromatic N) is 1. The van der Waals surface area contributed by atoms with Gasteiger partial charge in [0.2, 0.25) is 15.9 Å². The molecule has 6 nitrogen and oxygen atoms in total. The maximum absolute atomic E-state index is 12.8. The Hall–Kier alpha value is -2.64. The summed E-state index contributed by atoms with van der Waals surface area (Å²) in [7, 11) is -2.33. The molecule has 1 amide bonds. The second-order valence-corrected chi connectivity index (χ2v) is 7.62. The van der Waals surface area contributed by atoms with Gasteiger partial charge in [-0.1, -0.05) is 18.2 Å². The molecule has 2 aromatic rings. The lowest BCUT2D eigenvalue weighted by Crippen LogP contribution is -2.38. The van der Waals surface area contributed by atoms with Crippen LogP contribution in [0.1, 0.15) is 5.56 Å². The quantitative estimate of drug-likeness (QED) is 0.721. The Morgan fingerprint density at radius 3 is 2.50 bits per heavy atom. The Morgan fingerprint density at radius 2 is 1.92 bits per heavy atom. The lowest BCUT2D eigenvalue weighted by atomic mass is 10.2. The Balaban J connectivity index is 2.18. The number of hydrogen-bond donors (Lipinski definition) is 1. The molecular formula is C19H22N2O4S. The first-order valence-corrected chi connectivity index (χ1v) is 9.42. The number of sulfonamides is 1. The fourth-order valence-corrected chi connectivity index (χ4v) is 3.74. The highest BCUT2D eigenvalue weighted by molar-refractivity contribution is 7.89. The Morgan fingerprint density at radius 1 is 1.23 bits per heavy atom. The summed E-state index contributed by atoms with van der Waals surface area (Å²) >= 11 is 0. The predicted octanol–water partition coefficient (Wildman–Crippen LogP) is 2.82. The Bertz CT molecular complexity index is 877. The summed E-state index contributed by atoms with van der Waals surface area (Å²) in [5.74, 6) is 0.131. The summed E-state index contributed by atoms with van der Waals surface area (Å²) in [6.45, 7) is 5.20. The molecule has 0 aliphatic rings. The van der Waals surface area contributed by atoms with Crippen molar-refractivity contribution in [3.8, 4) is 5.75 Å². The molecule has 0 saturated carbocycles. The fourth-order valence-electron chi connectivity index (χ4n) is 2.37. The highest BCUT2D eigenvalue weighted by atomic mass is 32.2. The van der Waals surface area contributed by atoms with E-state index in [1.165, 1.54) is 25.3 Å². The smallest absolute Gasteiger partial charge is 0.243 e. The van der Waals surface area contributed by atoms with Crippen molar-refractivity contribution in [3.63, 3.8) is 0 Å². The van der Waals surface area contributed by atoms with E-state index in [0.717, 1.165) is 9.87 Å². The minimum absolute atomic E-state index is 0.0234. The third-order valence-electron chi connectivity index (χ3n) is 3.65. The van der Waals surface area contributed by atoms with Gasteiger partial charge in [0.05, 0.1) is 18.6 Å². The first kappa shape index (κ1) is 19.7. The summed E-state index contributed by atoms with van der Waals surface area (Å²) < 4.78 is 31.8.